The number of rotatable bonds is 10. The minimum atomic E-state index is -1.18. The molecular formula is C24H28N2O6. The van der Waals surface area contributed by atoms with Crippen molar-refractivity contribution in [2.24, 2.45) is 0 Å². The lowest BCUT2D eigenvalue weighted by Gasteiger charge is -2.20. The van der Waals surface area contributed by atoms with Gasteiger partial charge in [-0.3, -0.25) is 4.79 Å². The van der Waals surface area contributed by atoms with Crippen molar-refractivity contribution in [3.8, 4) is 11.1 Å². The predicted molar refractivity (Wildman–Crippen MR) is 118 cm³/mol. The van der Waals surface area contributed by atoms with Gasteiger partial charge in [-0.25, -0.2) is 9.59 Å². The minimum Gasteiger partial charge on any atom is -0.480 e. The average molecular weight is 440 g/mol. The van der Waals surface area contributed by atoms with E-state index in [9.17, 15) is 14.4 Å². The number of amides is 2. The van der Waals surface area contributed by atoms with Crippen molar-refractivity contribution >= 4 is 18.0 Å². The lowest BCUT2D eigenvalue weighted by atomic mass is 9.98. The van der Waals surface area contributed by atoms with E-state index in [1.54, 1.807) is 0 Å². The highest BCUT2D eigenvalue weighted by Gasteiger charge is 2.29. The molecule has 0 spiro atoms. The second-order valence-electron chi connectivity index (χ2n) is 7.69. The van der Waals surface area contributed by atoms with Crippen molar-refractivity contribution in [2.75, 3.05) is 20.3 Å². The molecule has 1 unspecified atom stereocenters. The third-order valence-corrected chi connectivity index (χ3v) is 5.56. The number of methoxy groups -OCH3 is 1. The summed E-state index contributed by atoms with van der Waals surface area (Å²) in [6.07, 6.45) is -0.188. The number of carboxylic acids is 1. The van der Waals surface area contributed by atoms with Gasteiger partial charge in [0.15, 0.2) is 6.04 Å². The lowest BCUT2D eigenvalue weighted by molar-refractivity contribution is -0.143. The van der Waals surface area contributed by atoms with Crippen LogP contribution in [0.1, 0.15) is 36.8 Å². The summed E-state index contributed by atoms with van der Waals surface area (Å²) in [7, 11) is 1.36. The molecule has 32 heavy (non-hydrogen) atoms. The summed E-state index contributed by atoms with van der Waals surface area (Å²) in [4.78, 5) is 35.8. The highest BCUT2D eigenvalue weighted by atomic mass is 16.5. The molecule has 2 atom stereocenters. The van der Waals surface area contributed by atoms with Crippen LogP contribution in [0.15, 0.2) is 48.5 Å². The van der Waals surface area contributed by atoms with E-state index in [0.717, 1.165) is 22.3 Å². The summed E-state index contributed by atoms with van der Waals surface area (Å²) in [5.41, 5.74) is 4.52. The number of aliphatic carboxylic acids is 1. The van der Waals surface area contributed by atoms with E-state index in [-0.39, 0.29) is 25.6 Å². The van der Waals surface area contributed by atoms with Gasteiger partial charge in [0.1, 0.15) is 6.61 Å². The Morgan fingerprint density at radius 3 is 2.12 bits per heavy atom. The molecule has 0 saturated carbocycles. The third kappa shape index (κ3) is 5.45. The SMILES string of the molecule is CC[C@@H](CC(=O)NC(COC)C(=O)O)NC(=O)OCC1c2ccccc2-c2ccccc21. The Kier molecular flexibility index (Phi) is 7.83. The number of carbonyl (C=O) groups is 3. The summed E-state index contributed by atoms with van der Waals surface area (Å²) in [6, 6.07) is 14.5. The van der Waals surface area contributed by atoms with Gasteiger partial charge < -0.3 is 25.2 Å². The molecule has 0 saturated heterocycles. The molecule has 2 aromatic carbocycles. The molecule has 3 rings (SSSR count). The van der Waals surface area contributed by atoms with Gasteiger partial charge in [-0.05, 0) is 28.7 Å². The van der Waals surface area contributed by atoms with E-state index in [2.05, 4.69) is 22.8 Å². The average Bonchev–Trinajstić information content (AvgIpc) is 3.10. The highest BCUT2D eigenvalue weighted by molar-refractivity contribution is 5.84. The molecule has 1 aliphatic rings. The van der Waals surface area contributed by atoms with E-state index in [1.165, 1.54) is 7.11 Å². The quantitative estimate of drug-likeness (QED) is 0.524. The van der Waals surface area contributed by atoms with Gasteiger partial charge in [0.25, 0.3) is 0 Å². The fourth-order valence-corrected chi connectivity index (χ4v) is 3.92. The van der Waals surface area contributed by atoms with Crippen LogP contribution in [0.5, 0.6) is 0 Å². The molecule has 3 N–H and O–H groups in total. The molecule has 8 nitrogen and oxygen atoms in total. The zero-order valence-electron chi connectivity index (χ0n) is 18.2. The van der Waals surface area contributed by atoms with Gasteiger partial charge in [0.05, 0.1) is 6.61 Å². The second kappa shape index (κ2) is 10.8. The maximum Gasteiger partial charge on any atom is 0.407 e. The van der Waals surface area contributed by atoms with Crippen LogP contribution >= 0.6 is 0 Å². The molecule has 0 aromatic heterocycles. The van der Waals surface area contributed by atoms with Crippen molar-refractivity contribution < 1.29 is 29.0 Å². The first-order valence-corrected chi connectivity index (χ1v) is 10.6. The van der Waals surface area contributed by atoms with Crippen LogP contribution in [0.2, 0.25) is 0 Å². The summed E-state index contributed by atoms with van der Waals surface area (Å²) in [6.45, 7) is 1.86. The second-order valence-corrected chi connectivity index (χ2v) is 7.69. The summed E-state index contributed by atoms with van der Waals surface area (Å²) < 4.78 is 10.3. The normalized spacial score (nSPS) is 14.1. The maximum atomic E-state index is 12.4. The van der Waals surface area contributed by atoms with Crippen LogP contribution in [-0.2, 0) is 19.1 Å². The van der Waals surface area contributed by atoms with Crippen LogP contribution in [-0.4, -0.2) is 55.5 Å². The molecular weight excluding hydrogens is 412 g/mol. The number of hydrogen-bond acceptors (Lipinski definition) is 5. The molecule has 0 fully saturated rings. The zero-order valence-corrected chi connectivity index (χ0v) is 18.2. The maximum absolute atomic E-state index is 12.4. The van der Waals surface area contributed by atoms with Gasteiger partial charge in [0.2, 0.25) is 5.91 Å². The Bertz CT molecular complexity index is 931. The third-order valence-electron chi connectivity index (χ3n) is 5.56. The standard InChI is InChI=1S/C24H28N2O6/c1-3-15(12-22(27)26-21(14-31-2)23(28)29)25-24(30)32-13-20-18-10-6-4-8-16(18)17-9-5-7-11-19(17)20/h4-11,15,20-21H,3,12-14H2,1-2H3,(H,25,30)(H,26,27)(H,28,29)/t15-,21?/m0/s1. The molecule has 0 bridgehead atoms. The topological polar surface area (TPSA) is 114 Å². The number of nitrogens with one attached hydrogen (secondary N) is 2. The first-order valence-electron chi connectivity index (χ1n) is 10.6. The Labute approximate surface area is 186 Å². The number of carboxylic acid groups (broad SMARTS) is 1. The van der Waals surface area contributed by atoms with Crippen LogP contribution in [0, 0.1) is 0 Å². The van der Waals surface area contributed by atoms with E-state index >= 15 is 0 Å². The number of alkyl carbamates (subject to hydrolysis) is 1. The first kappa shape index (κ1) is 23.3. The van der Waals surface area contributed by atoms with Crippen molar-refractivity contribution in [1.82, 2.24) is 10.6 Å². The van der Waals surface area contributed by atoms with Gasteiger partial charge in [-0.1, -0.05) is 55.5 Å². The molecule has 0 radical (unpaired) electrons. The van der Waals surface area contributed by atoms with Gasteiger partial charge in [-0.15, -0.1) is 0 Å². The van der Waals surface area contributed by atoms with Gasteiger partial charge in [0, 0.05) is 25.5 Å². The highest BCUT2D eigenvalue weighted by Crippen LogP contribution is 2.44. The van der Waals surface area contributed by atoms with Crippen LogP contribution in [0.4, 0.5) is 4.79 Å². The number of carbonyl (C=O) groups excluding carboxylic acids is 2. The molecule has 0 aliphatic heterocycles. The van der Waals surface area contributed by atoms with E-state index in [0.29, 0.717) is 6.42 Å². The van der Waals surface area contributed by atoms with E-state index in [4.69, 9.17) is 14.6 Å². The van der Waals surface area contributed by atoms with Crippen LogP contribution in [0.3, 0.4) is 0 Å². The Morgan fingerprint density at radius 2 is 1.59 bits per heavy atom. The number of ether oxygens (including phenoxy) is 2. The molecule has 1 aliphatic carbocycles. The lowest BCUT2D eigenvalue weighted by Crippen LogP contribution is -2.46. The molecule has 8 heteroatoms. The monoisotopic (exact) mass is 440 g/mol. The number of fused-ring (bicyclic) bond motifs is 3. The Morgan fingerprint density at radius 1 is 1.00 bits per heavy atom. The largest absolute Gasteiger partial charge is 0.480 e. The van der Waals surface area contributed by atoms with Crippen molar-refractivity contribution in [2.45, 2.75) is 37.8 Å². The minimum absolute atomic E-state index is 0.0538. The summed E-state index contributed by atoms with van der Waals surface area (Å²) >= 11 is 0. The smallest absolute Gasteiger partial charge is 0.407 e. The fourth-order valence-electron chi connectivity index (χ4n) is 3.92. The van der Waals surface area contributed by atoms with Crippen LogP contribution in [0.25, 0.3) is 11.1 Å². The molecule has 2 amide bonds. The number of benzene rings is 2. The van der Waals surface area contributed by atoms with E-state index < -0.39 is 30.1 Å². The van der Waals surface area contributed by atoms with E-state index in [1.807, 2.05) is 43.3 Å². The number of hydrogen-bond donors (Lipinski definition) is 3. The fraction of sp³-hybridized carbons (Fsp3) is 0.375. The first-order chi connectivity index (χ1) is 15.4. The van der Waals surface area contributed by atoms with Crippen LogP contribution < -0.4 is 10.6 Å². The molecule has 170 valence electrons. The van der Waals surface area contributed by atoms with Crippen molar-refractivity contribution in [3.05, 3.63) is 59.7 Å². The van der Waals surface area contributed by atoms with Crippen molar-refractivity contribution in [1.29, 1.82) is 0 Å². The zero-order chi connectivity index (χ0) is 23.1. The Hall–Kier alpha value is -3.39. The van der Waals surface area contributed by atoms with Gasteiger partial charge in [-0.2, -0.15) is 0 Å². The summed E-state index contributed by atoms with van der Waals surface area (Å²) in [5, 5.41) is 14.2. The van der Waals surface area contributed by atoms with Gasteiger partial charge >= 0.3 is 12.1 Å². The summed E-state index contributed by atoms with van der Waals surface area (Å²) in [5.74, 6) is -1.72. The van der Waals surface area contributed by atoms with Crippen molar-refractivity contribution in [3.63, 3.8) is 0 Å². The predicted octanol–water partition coefficient (Wildman–Crippen LogP) is 2.91. The molecule has 2 aromatic rings. The Balaban J connectivity index is 1.56. The molecule has 0 heterocycles.